The lowest BCUT2D eigenvalue weighted by atomic mass is 9.92. The Morgan fingerprint density at radius 1 is 0.509 bits per heavy atom. The van der Waals surface area contributed by atoms with Crippen LogP contribution in [0, 0.1) is 5.92 Å². The maximum atomic E-state index is 13.8. The molecule has 0 bridgehead atoms. The van der Waals surface area contributed by atoms with Crippen LogP contribution in [-0.2, 0) is 14.3 Å². The van der Waals surface area contributed by atoms with E-state index in [1.54, 1.807) is 6.08 Å². The number of esters is 1. The fourth-order valence-electron chi connectivity index (χ4n) is 7.74. The molecule has 5 nitrogen and oxygen atoms in total. The Morgan fingerprint density at radius 3 is 1.51 bits per heavy atom. The van der Waals surface area contributed by atoms with Crippen LogP contribution in [0.5, 0.6) is 0 Å². The molecule has 1 atom stereocenters. The molecule has 0 fully saturated rings. The van der Waals surface area contributed by atoms with Crippen LogP contribution in [0.1, 0.15) is 240 Å². The minimum absolute atomic E-state index is 0.185. The number of nitrogens with zero attached hydrogens (tertiary/aromatic N) is 2. The highest BCUT2D eigenvalue weighted by molar-refractivity contribution is 5.81. The predicted octanol–water partition coefficient (Wildman–Crippen LogP) is 14.4. The highest BCUT2D eigenvalue weighted by Crippen LogP contribution is 2.23. The van der Waals surface area contributed by atoms with Crippen LogP contribution < -0.4 is 0 Å². The molecule has 1 unspecified atom stereocenters. The van der Waals surface area contributed by atoms with E-state index in [2.05, 4.69) is 51.6 Å². The van der Waals surface area contributed by atoms with E-state index in [4.69, 9.17) is 4.74 Å². The topological polar surface area (TPSA) is 49.9 Å². The smallest absolute Gasteiger partial charge is 0.330 e. The molecular weight excluding hydrogens is 653 g/mol. The summed E-state index contributed by atoms with van der Waals surface area (Å²) in [4.78, 5) is 30.9. The van der Waals surface area contributed by atoms with Gasteiger partial charge in [0.25, 0.3) is 0 Å². The molecule has 0 spiro atoms. The first kappa shape index (κ1) is 51.6. The maximum absolute atomic E-state index is 13.8. The molecule has 0 radical (unpaired) electrons. The van der Waals surface area contributed by atoms with E-state index in [0.717, 1.165) is 70.9 Å². The van der Waals surface area contributed by atoms with Gasteiger partial charge in [0.15, 0.2) is 0 Å². The largest absolute Gasteiger partial charge is 0.463 e. The molecule has 0 aromatic heterocycles. The van der Waals surface area contributed by atoms with E-state index in [1.807, 2.05) is 6.08 Å². The SMILES string of the molecule is CCCCCCCCCCC(CCCCC=CC(=O)OCCC(CCCCC)CCCCC)N(CCCCCCCCCC)C(=O)CCCCN(C)C. The van der Waals surface area contributed by atoms with Gasteiger partial charge in [0.05, 0.1) is 6.61 Å². The van der Waals surface area contributed by atoms with Crippen LogP contribution in [-0.4, -0.2) is 61.5 Å². The fourth-order valence-corrected chi connectivity index (χ4v) is 7.74. The van der Waals surface area contributed by atoms with Crippen LogP contribution >= 0.6 is 0 Å². The molecule has 0 saturated heterocycles. The van der Waals surface area contributed by atoms with Crippen molar-refractivity contribution in [3.8, 4) is 0 Å². The van der Waals surface area contributed by atoms with Crippen molar-refractivity contribution in [2.75, 3.05) is 33.8 Å². The van der Waals surface area contributed by atoms with Crippen molar-refractivity contribution in [3.05, 3.63) is 12.2 Å². The standard InChI is InChI=1S/C48H94N2O3/c1-7-11-15-17-19-21-23-29-37-46(50(47(51)39-32-34-42-49(5)6)43-33-26-22-20-18-16-12-8-2)38-30-24-25-31-40-48(52)53-44-41-45(35-27-13-9-3)36-28-14-10-4/h31,40,45-46H,7-30,32-39,41-44H2,1-6H3. The number of hydrogen-bond donors (Lipinski definition) is 0. The third-order valence-electron chi connectivity index (χ3n) is 11.3. The Hall–Kier alpha value is -1.36. The lowest BCUT2D eigenvalue weighted by Crippen LogP contribution is -2.41. The monoisotopic (exact) mass is 747 g/mol. The van der Waals surface area contributed by atoms with E-state index in [0.29, 0.717) is 30.9 Å². The van der Waals surface area contributed by atoms with Crippen molar-refractivity contribution in [3.63, 3.8) is 0 Å². The number of hydrogen-bond acceptors (Lipinski definition) is 4. The van der Waals surface area contributed by atoms with Crippen LogP contribution in [0.4, 0.5) is 0 Å². The van der Waals surface area contributed by atoms with Crippen LogP contribution in [0.15, 0.2) is 12.2 Å². The van der Waals surface area contributed by atoms with Crippen molar-refractivity contribution in [2.45, 2.75) is 246 Å². The van der Waals surface area contributed by atoms with E-state index >= 15 is 0 Å². The molecule has 0 aromatic carbocycles. The van der Waals surface area contributed by atoms with Gasteiger partial charge < -0.3 is 14.5 Å². The first-order valence-electron chi connectivity index (χ1n) is 23.7. The highest BCUT2D eigenvalue weighted by Gasteiger charge is 2.22. The second kappa shape index (κ2) is 40.3. The Kier molecular flexibility index (Phi) is 39.3. The summed E-state index contributed by atoms with van der Waals surface area (Å²) in [6, 6.07) is 0.345. The van der Waals surface area contributed by atoms with Gasteiger partial charge in [0.1, 0.15) is 0 Å². The zero-order chi connectivity index (χ0) is 39.0. The van der Waals surface area contributed by atoms with Gasteiger partial charge in [-0.1, -0.05) is 188 Å². The summed E-state index contributed by atoms with van der Waals surface area (Å²) in [7, 11) is 4.24. The van der Waals surface area contributed by atoms with E-state index < -0.39 is 0 Å². The van der Waals surface area contributed by atoms with Gasteiger partial charge in [-0.3, -0.25) is 4.79 Å². The van der Waals surface area contributed by atoms with Gasteiger partial charge in [-0.25, -0.2) is 4.79 Å². The summed E-state index contributed by atoms with van der Waals surface area (Å²) >= 11 is 0. The number of rotatable bonds is 41. The third kappa shape index (κ3) is 34.8. The molecule has 0 rings (SSSR count). The molecule has 53 heavy (non-hydrogen) atoms. The Balaban J connectivity index is 5.11. The number of ether oxygens (including phenoxy) is 1. The Bertz CT molecular complexity index is 803. The normalized spacial score (nSPS) is 12.4. The summed E-state index contributed by atoms with van der Waals surface area (Å²) in [5.41, 5.74) is 0. The average Bonchev–Trinajstić information content (AvgIpc) is 3.14. The minimum atomic E-state index is -0.185. The summed E-state index contributed by atoms with van der Waals surface area (Å²) in [6.07, 6.45) is 43.9. The molecule has 0 aromatic rings. The van der Waals surface area contributed by atoms with E-state index in [-0.39, 0.29) is 5.97 Å². The molecule has 0 saturated carbocycles. The van der Waals surface area contributed by atoms with Crippen LogP contribution in [0.2, 0.25) is 0 Å². The molecule has 5 heteroatoms. The zero-order valence-electron chi connectivity index (χ0n) is 36.9. The van der Waals surface area contributed by atoms with E-state index in [9.17, 15) is 9.59 Å². The summed E-state index contributed by atoms with van der Waals surface area (Å²) < 4.78 is 5.64. The average molecular weight is 747 g/mol. The van der Waals surface area contributed by atoms with Gasteiger partial charge in [0, 0.05) is 25.1 Å². The third-order valence-corrected chi connectivity index (χ3v) is 11.3. The number of carbonyl (C=O) groups is 2. The van der Waals surface area contributed by atoms with Crippen LogP contribution in [0.25, 0.3) is 0 Å². The molecule has 0 N–H and O–H groups in total. The molecule has 0 aliphatic heterocycles. The van der Waals surface area contributed by atoms with Crippen molar-refractivity contribution in [1.29, 1.82) is 0 Å². The molecule has 314 valence electrons. The maximum Gasteiger partial charge on any atom is 0.330 e. The Labute approximate surface area is 332 Å². The van der Waals surface area contributed by atoms with Crippen molar-refractivity contribution >= 4 is 11.9 Å². The molecule has 0 aliphatic carbocycles. The number of allylic oxidation sites excluding steroid dienone is 1. The summed E-state index contributed by atoms with van der Waals surface area (Å²) in [5, 5.41) is 0. The predicted molar refractivity (Wildman–Crippen MR) is 233 cm³/mol. The second-order valence-corrected chi connectivity index (χ2v) is 16.7. The lowest BCUT2D eigenvalue weighted by molar-refractivity contribution is -0.138. The minimum Gasteiger partial charge on any atom is -0.463 e. The number of amides is 1. The van der Waals surface area contributed by atoms with Crippen molar-refractivity contribution < 1.29 is 14.3 Å². The van der Waals surface area contributed by atoms with Gasteiger partial charge in [0.2, 0.25) is 5.91 Å². The second-order valence-electron chi connectivity index (χ2n) is 16.7. The van der Waals surface area contributed by atoms with Crippen molar-refractivity contribution in [1.82, 2.24) is 9.80 Å². The Morgan fingerprint density at radius 2 is 0.962 bits per heavy atom. The van der Waals surface area contributed by atoms with Crippen LogP contribution in [0.3, 0.4) is 0 Å². The van der Waals surface area contributed by atoms with Gasteiger partial charge >= 0.3 is 5.97 Å². The number of unbranched alkanes of at least 4 members (excludes halogenated alkanes) is 21. The molecule has 0 heterocycles. The first-order chi connectivity index (χ1) is 25.9. The number of carbonyl (C=O) groups excluding carboxylic acids is 2. The summed E-state index contributed by atoms with van der Waals surface area (Å²) in [6.45, 7) is 11.6. The van der Waals surface area contributed by atoms with E-state index in [1.165, 1.54) is 148 Å². The fraction of sp³-hybridized carbons (Fsp3) is 0.917. The molecule has 0 aliphatic rings. The zero-order valence-corrected chi connectivity index (χ0v) is 36.9. The molecule has 1 amide bonds. The van der Waals surface area contributed by atoms with Crippen molar-refractivity contribution in [2.24, 2.45) is 5.92 Å². The quantitative estimate of drug-likeness (QED) is 0.0355. The lowest BCUT2D eigenvalue weighted by Gasteiger charge is -2.33. The highest BCUT2D eigenvalue weighted by atomic mass is 16.5. The molecular formula is C48H94N2O3. The van der Waals surface area contributed by atoms with Gasteiger partial charge in [-0.2, -0.15) is 0 Å². The van der Waals surface area contributed by atoms with Gasteiger partial charge in [-0.15, -0.1) is 0 Å². The first-order valence-corrected chi connectivity index (χ1v) is 23.7. The van der Waals surface area contributed by atoms with Gasteiger partial charge in [-0.05, 0) is 77.9 Å². The summed E-state index contributed by atoms with van der Waals surface area (Å²) in [5.74, 6) is 0.885.